The summed E-state index contributed by atoms with van der Waals surface area (Å²) in [4.78, 5) is 18.4. The largest absolute Gasteiger partial charge is 0.339 e. The van der Waals surface area contributed by atoms with Gasteiger partial charge in [-0.25, -0.2) is 4.39 Å². The van der Waals surface area contributed by atoms with E-state index in [4.69, 9.17) is 4.52 Å². The quantitative estimate of drug-likeness (QED) is 0.715. The first-order chi connectivity index (χ1) is 12.5. The van der Waals surface area contributed by atoms with Gasteiger partial charge in [0.2, 0.25) is 17.6 Å². The minimum absolute atomic E-state index is 0.0756. The Morgan fingerprint density at radius 1 is 1.15 bits per heavy atom. The van der Waals surface area contributed by atoms with Gasteiger partial charge in [-0.1, -0.05) is 41.1 Å². The zero-order valence-electron chi connectivity index (χ0n) is 14.6. The molecule has 0 saturated carbocycles. The number of aromatic nitrogens is 2. The highest BCUT2D eigenvalue weighted by molar-refractivity contribution is 5.96. The topological polar surface area (TPSA) is 59.2 Å². The van der Waals surface area contributed by atoms with Gasteiger partial charge in [0.15, 0.2) is 0 Å². The van der Waals surface area contributed by atoms with E-state index in [1.165, 1.54) is 6.07 Å². The van der Waals surface area contributed by atoms with Gasteiger partial charge in [-0.05, 0) is 31.5 Å². The number of carbonyl (C=O) groups is 1. The lowest BCUT2D eigenvalue weighted by molar-refractivity contribution is -0.117. The van der Waals surface area contributed by atoms with Crippen molar-refractivity contribution < 1.29 is 13.7 Å². The van der Waals surface area contributed by atoms with Crippen molar-refractivity contribution in [1.82, 2.24) is 10.1 Å². The van der Waals surface area contributed by atoms with Crippen molar-refractivity contribution in [1.29, 1.82) is 0 Å². The molecule has 2 heterocycles. The van der Waals surface area contributed by atoms with E-state index in [1.54, 1.807) is 24.0 Å². The molecule has 6 heteroatoms. The number of halogens is 1. The van der Waals surface area contributed by atoms with Crippen molar-refractivity contribution in [2.75, 3.05) is 11.4 Å². The smallest absolute Gasteiger partial charge is 0.232 e. The lowest BCUT2D eigenvalue weighted by Crippen LogP contribution is -2.24. The number of hydrogen-bond acceptors (Lipinski definition) is 4. The number of anilines is 1. The summed E-state index contributed by atoms with van der Waals surface area (Å²) in [7, 11) is 0. The van der Waals surface area contributed by atoms with Gasteiger partial charge in [-0.15, -0.1) is 0 Å². The molecule has 1 aromatic heterocycles. The van der Waals surface area contributed by atoms with Crippen LogP contribution >= 0.6 is 0 Å². The Hall–Kier alpha value is -3.02. The Morgan fingerprint density at radius 2 is 1.92 bits per heavy atom. The fraction of sp³-hybridized carbons (Fsp3) is 0.250. The van der Waals surface area contributed by atoms with E-state index in [9.17, 15) is 9.18 Å². The molecule has 0 spiro atoms. The Kier molecular flexibility index (Phi) is 4.03. The van der Waals surface area contributed by atoms with Crippen LogP contribution in [-0.2, 0) is 4.79 Å². The summed E-state index contributed by atoms with van der Waals surface area (Å²) in [5.74, 6) is 0.349. The summed E-state index contributed by atoms with van der Waals surface area (Å²) in [6, 6.07) is 12.7. The van der Waals surface area contributed by atoms with Gasteiger partial charge in [0.1, 0.15) is 5.82 Å². The first kappa shape index (κ1) is 16.4. The standard InChI is InChI=1S/C20H18FN3O2/c1-12-3-6-14(7-4-12)19-22-20(26-23-19)15-9-18(25)24(11-15)16-8-5-13(2)17(21)10-16/h3-8,10,15H,9,11H2,1-2H3. The van der Waals surface area contributed by atoms with Crippen molar-refractivity contribution >= 4 is 11.6 Å². The van der Waals surface area contributed by atoms with Crippen molar-refractivity contribution in [3.63, 3.8) is 0 Å². The summed E-state index contributed by atoms with van der Waals surface area (Å²) < 4.78 is 19.2. The third-order valence-corrected chi connectivity index (χ3v) is 4.69. The van der Waals surface area contributed by atoms with Gasteiger partial charge in [0, 0.05) is 24.2 Å². The van der Waals surface area contributed by atoms with Gasteiger partial charge in [-0.3, -0.25) is 4.79 Å². The van der Waals surface area contributed by atoms with Crippen LogP contribution in [-0.4, -0.2) is 22.6 Å². The SMILES string of the molecule is Cc1ccc(-c2noc(C3CC(=O)N(c4ccc(C)c(F)c4)C3)n2)cc1. The molecule has 132 valence electrons. The fourth-order valence-electron chi connectivity index (χ4n) is 3.09. The van der Waals surface area contributed by atoms with Crippen LogP contribution in [0.5, 0.6) is 0 Å². The first-order valence-corrected chi connectivity index (χ1v) is 8.48. The molecule has 1 unspecified atom stereocenters. The lowest BCUT2D eigenvalue weighted by atomic mass is 10.1. The molecular formula is C20H18FN3O2. The van der Waals surface area contributed by atoms with Crippen LogP contribution in [0.3, 0.4) is 0 Å². The van der Waals surface area contributed by atoms with Crippen LogP contribution in [0.25, 0.3) is 11.4 Å². The zero-order chi connectivity index (χ0) is 18.3. The Balaban J connectivity index is 1.55. The molecule has 1 aliphatic rings. The maximum atomic E-state index is 13.8. The van der Waals surface area contributed by atoms with Gasteiger partial charge in [0.25, 0.3) is 0 Å². The average molecular weight is 351 g/mol. The predicted molar refractivity (Wildman–Crippen MR) is 95.3 cm³/mol. The molecule has 0 radical (unpaired) electrons. The fourth-order valence-corrected chi connectivity index (χ4v) is 3.09. The molecule has 3 aromatic rings. The molecule has 0 aliphatic carbocycles. The number of amides is 1. The molecule has 1 amide bonds. The molecule has 5 nitrogen and oxygen atoms in total. The van der Waals surface area contributed by atoms with Gasteiger partial charge in [0.05, 0.1) is 5.92 Å². The van der Waals surface area contributed by atoms with Gasteiger partial charge < -0.3 is 9.42 Å². The highest BCUT2D eigenvalue weighted by Crippen LogP contribution is 2.32. The lowest BCUT2D eigenvalue weighted by Gasteiger charge is -2.16. The molecule has 2 aromatic carbocycles. The highest BCUT2D eigenvalue weighted by atomic mass is 19.1. The molecule has 1 atom stereocenters. The van der Waals surface area contributed by atoms with E-state index in [0.717, 1.165) is 11.1 Å². The van der Waals surface area contributed by atoms with Crippen LogP contribution in [0.15, 0.2) is 47.0 Å². The third kappa shape index (κ3) is 2.98. The van der Waals surface area contributed by atoms with Crippen molar-refractivity contribution in [3.05, 3.63) is 65.3 Å². The first-order valence-electron chi connectivity index (χ1n) is 8.48. The second kappa shape index (κ2) is 6.37. The molecule has 1 saturated heterocycles. The van der Waals surface area contributed by atoms with Crippen LogP contribution in [0.4, 0.5) is 10.1 Å². The van der Waals surface area contributed by atoms with Crippen molar-refractivity contribution in [2.45, 2.75) is 26.2 Å². The van der Waals surface area contributed by atoms with E-state index in [-0.39, 0.29) is 24.1 Å². The molecular weight excluding hydrogens is 333 g/mol. The molecule has 4 rings (SSSR count). The van der Waals surface area contributed by atoms with Crippen LogP contribution in [0, 0.1) is 19.7 Å². The minimum atomic E-state index is -0.321. The van der Waals surface area contributed by atoms with Crippen molar-refractivity contribution in [2.24, 2.45) is 0 Å². The van der Waals surface area contributed by atoms with E-state index in [0.29, 0.717) is 29.5 Å². The number of carbonyl (C=O) groups excluding carboxylic acids is 1. The number of benzene rings is 2. The molecule has 1 aliphatic heterocycles. The summed E-state index contributed by atoms with van der Waals surface area (Å²) in [6.45, 7) is 4.10. The number of hydrogen-bond donors (Lipinski definition) is 0. The van der Waals surface area contributed by atoms with Crippen molar-refractivity contribution in [3.8, 4) is 11.4 Å². The van der Waals surface area contributed by atoms with Crippen LogP contribution in [0.2, 0.25) is 0 Å². The summed E-state index contributed by atoms with van der Waals surface area (Å²) in [5, 5.41) is 4.03. The van der Waals surface area contributed by atoms with E-state index in [2.05, 4.69) is 10.1 Å². The number of aryl methyl sites for hydroxylation is 2. The average Bonchev–Trinajstić information content (AvgIpc) is 3.25. The molecule has 0 N–H and O–H groups in total. The highest BCUT2D eigenvalue weighted by Gasteiger charge is 2.35. The Labute approximate surface area is 150 Å². The Bertz CT molecular complexity index is 965. The zero-order valence-corrected chi connectivity index (χ0v) is 14.6. The third-order valence-electron chi connectivity index (χ3n) is 4.69. The summed E-state index contributed by atoms with van der Waals surface area (Å²) in [6.07, 6.45) is 0.269. The second-order valence-electron chi connectivity index (χ2n) is 6.66. The van der Waals surface area contributed by atoms with Gasteiger partial charge in [-0.2, -0.15) is 4.98 Å². The number of rotatable bonds is 3. The van der Waals surface area contributed by atoms with Gasteiger partial charge >= 0.3 is 0 Å². The van der Waals surface area contributed by atoms with E-state index in [1.807, 2.05) is 31.2 Å². The van der Waals surface area contributed by atoms with Crippen LogP contribution in [0.1, 0.15) is 29.4 Å². The second-order valence-corrected chi connectivity index (χ2v) is 6.66. The number of nitrogens with zero attached hydrogens (tertiary/aromatic N) is 3. The maximum Gasteiger partial charge on any atom is 0.232 e. The van der Waals surface area contributed by atoms with E-state index < -0.39 is 0 Å². The van der Waals surface area contributed by atoms with Crippen LogP contribution < -0.4 is 4.90 Å². The Morgan fingerprint density at radius 3 is 2.65 bits per heavy atom. The minimum Gasteiger partial charge on any atom is -0.339 e. The molecule has 26 heavy (non-hydrogen) atoms. The predicted octanol–water partition coefficient (Wildman–Crippen LogP) is 4.01. The summed E-state index contributed by atoms with van der Waals surface area (Å²) in [5.41, 5.74) is 3.13. The monoisotopic (exact) mass is 351 g/mol. The molecule has 0 bridgehead atoms. The summed E-state index contributed by atoms with van der Waals surface area (Å²) >= 11 is 0. The molecule has 1 fully saturated rings. The van der Waals surface area contributed by atoms with E-state index >= 15 is 0 Å². The normalized spacial score (nSPS) is 17.1. The maximum absolute atomic E-state index is 13.8.